The Morgan fingerprint density at radius 2 is 1.95 bits per heavy atom. The summed E-state index contributed by atoms with van der Waals surface area (Å²) in [5, 5.41) is 0. The molecule has 4 unspecified atom stereocenters. The van der Waals surface area contributed by atoms with Gasteiger partial charge in [-0.2, -0.15) is 0 Å². The second kappa shape index (κ2) is 5.90. The van der Waals surface area contributed by atoms with Gasteiger partial charge in [0.15, 0.2) is 0 Å². The van der Waals surface area contributed by atoms with Crippen LogP contribution < -0.4 is 0 Å². The number of allylic oxidation sites excluding steroid dienone is 2. The number of esters is 2. The summed E-state index contributed by atoms with van der Waals surface area (Å²) in [7, 11) is 0. The molecule has 1 saturated carbocycles. The number of hydrogen-bond acceptors (Lipinski definition) is 4. The average molecular weight is 304 g/mol. The molecule has 0 saturated heterocycles. The number of hydrogen-bond donors (Lipinski definition) is 0. The molecule has 0 aliphatic heterocycles. The molecule has 22 heavy (non-hydrogen) atoms. The first-order chi connectivity index (χ1) is 10.5. The molecule has 0 amide bonds. The zero-order valence-electron chi connectivity index (χ0n) is 13.3. The molecule has 4 nitrogen and oxygen atoms in total. The lowest BCUT2D eigenvalue weighted by Gasteiger charge is -2.56. The van der Waals surface area contributed by atoms with Gasteiger partial charge in [-0.15, -0.1) is 0 Å². The van der Waals surface area contributed by atoms with E-state index in [1.807, 2.05) is 0 Å². The molecule has 0 aromatic carbocycles. The summed E-state index contributed by atoms with van der Waals surface area (Å²) in [6.07, 6.45) is 11.3. The second-order valence-electron chi connectivity index (χ2n) is 6.79. The number of fused-ring (bicyclic) bond motifs is 1. The fraction of sp³-hybridized carbons (Fsp3) is 0.667. The lowest BCUT2D eigenvalue weighted by Crippen LogP contribution is -2.52. The Labute approximate surface area is 131 Å². The number of carbonyl (C=O) groups is 2. The van der Waals surface area contributed by atoms with Crippen LogP contribution >= 0.6 is 0 Å². The van der Waals surface area contributed by atoms with Crippen molar-refractivity contribution in [2.75, 3.05) is 13.2 Å². The van der Waals surface area contributed by atoms with E-state index in [1.165, 1.54) is 19.4 Å². The van der Waals surface area contributed by atoms with Gasteiger partial charge in [-0.05, 0) is 49.0 Å². The van der Waals surface area contributed by atoms with Crippen molar-refractivity contribution in [3.63, 3.8) is 0 Å². The molecule has 4 aliphatic carbocycles. The van der Waals surface area contributed by atoms with Crippen LogP contribution in [-0.4, -0.2) is 25.2 Å². The fourth-order valence-corrected chi connectivity index (χ4v) is 4.67. The van der Waals surface area contributed by atoms with Crippen LogP contribution in [0.3, 0.4) is 0 Å². The first-order valence-electron chi connectivity index (χ1n) is 8.18. The largest absolute Gasteiger partial charge is 0.465 e. The molecule has 4 atom stereocenters. The maximum absolute atomic E-state index is 11.3. The van der Waals surface area contributed by atoms with E-state index in [4.69, 9.17) is 9.47 Å². The molecule has 0 aromatic rings. The predicted molar refractivity (Wildman–Crippen MR) is 81.9 cm³/mol. The lowest BCUT2D eigenvalue weighted by atomic mass is 9.49. The van der Waals surface area contributed by atoms with Crippen LogP contribution in [0.4, 0.5) is 0 Å². The van der Waals surface area contributed by atoms with E-state index in [9.17, 15) is 9.59 Å². The molecule has 2 bridgehead atoms. The van der Waals surface area contributed by atoms with Crippen LogP contribution in [0.15, 0.2) is 23.8 Å². The van der Waals surface area contributed by atoms with E-state index < -0.39 is 0 Å². The highest BCUT2D eigenvalue weighted by atomic mass is 16.5. The molecule has 0 N–H and O–H groups in total. The van der Waals surface area contributed by atoms with Crippen molar-refractivity contribution in [3.8, 4) is 0 Å². The summed E-state index contributed by atoms with van der Waals surface area (Å²) >= 11 is 0. The van der Waals surface area contributed by atoms with E-state index in [0.717, 1.165) is 25.7 Å². The first kappa shape index (κ1) is 15.3. The quantitative estimate of drug-likeness (QED) is 0.592. The van der Waals surface area contributed by atoms with Crippen LogP contribution in [-0.2, 0) is 19.1 Å². The molecule has 120 valence electrons. The lowest BCUT2D eigenvalue weighted by molar-refractivity contribution is -0.149. The van der Waals surface area contributed by atoms with Gasteiger partial charge in [0.05, 0.1) is 0 Å². The fourth-order valence-electron chi connectivity index (χ4n) is 4.67. The van der Waals surface area contributed by atoms with Gasteiger partial charge in [0.25, 0.3) is 0 Å². The monoisotopic (exact) mass is 304 g/mol. The number of rotatable bonds is 4. The SMILES string of the molecule is CC(=O)OCC1=CC2CCC1C1CCC=CC21COC(C)=O. The van der Waals surface area contributed by atoms with Crippen molar-refractivity contribution >= 4 is 11.9 Å². The minimum Gasteiger partial charge on any atom is -0.465 e. The summed E-state index contributed by atoms with van der Waals surface area (Å²) in [5.74, 6) is 0.884. The van der Waals surface area contributed by atoms with Crippen LogP contribution in [0.25, 0.3) is 0 Å². The van der Waals surface area contributed by atoms with Gasteiger partial charge in [0.2, 0.25) is 0 Å². The number of ether oxygens (including phenoxy) is 2. The Bertz CT molecular complexity index is 533. The summed E-state index contributed by atoms with van der Waals surface area (Å²) in [6, 6.07) is 0. The Kier molecular flexibility index (Phi) is 4.11. The Morgan fingerprint density at radius 1 is 1.18 bits per heavy atom. The number of carbonyl (C=O) groups excluding carboxylic acids is 2. The molecule has 4 rings (SSSR count). The Morgan fingerprint density at radius 3 is 2.68 bits per heavy atom. The van der Waals surface area contributed by atoms with Gasteiger partial charge in [-0.3, -0.25) is 9.59 Å². The van der Waals surface area contributed by atoms with Gasteiger partial charge >= 0.3 is 11.9 Å². The van der Waals surface area contributed by atoms with Gasteiger partial charge in [0.1, 0.15) is 13.2 Å². The predicted octanol–water partition coefficient (Wildman–Crippen LogP) is 3.03. The standard InChI is InChI=1S/C18H24O4/c1-12(19)21-10-14-9-15-6-7-16(14)17-5-3-4-8-18(15,17)11-22-13(2)20/h4,8-9,15-17H,3,5-7,10-11H2,1-2H3. The van der Waals surface area contributed by atoms with Crippen molar-refractivity contribution < 1.29 is 19.1 Å². The van der Waals surface area contributed by atoms with E-state index in [0.29, 0.717) is 31.0 Å². The highest BCUT2D eigenvalue weighted by Crippen LogP contribution is 2.59. The van der Waals surface area contributed by atoms with E-state index in [2.05, 4.69) is 18.2 Å². The van der Waals surface area contributed by atoms with Gasteiger partial charge in [0, 0.05) is 19.3 Å². The van der Waals surface area contributed by atoms with Crippen molar-refractivity contribution in [1.82, 2.24) is 0 Å². The topological polar surface area (TPSA) is 52.6 Å². The molecular weight excluding hydrogens is 280 g/mol. The van der Waals surface area contributed by atoms with Crippen LogP contribution in [0.1, 0.15) is 39.5 Å². The van der Waals surface area contributed by atoms with Crippen molar-refractivity contribution in [3.05, 3.63) is 23.8 Å². The Hall–Kier alpha value is -1.58. The normalized spacial score (nSPS) is 35.5. The molecule has 0 spiro atoms. The maximum atomic E-state index is 11.3. The summed E-state index contributed by atoms with van der Waals surface area (Å²) in [6.45, 7) is 3.82. The van der Waals surface area contributed by atoms with Crippen molar-refractivity contribution in [1.29, 1.82) is 0 Å². The minimum absolute atomic E-state index is 0.0490. The average Bonchev–Trinajstić information content (AvgIpc) is 2.52. The summed E-state index contributed by atoms with van der Waals surface area (Å²) in [5.41, 5.74) is 1.22. The van der Waals surface area contributed by atoms with E-state index in [1.54, 1.807) is 0 Å². The summed E-state index contributed by atoms with van der Waals surface area (Å²) < 4.78 is 10.7. The van der Waals surface area contributed by atoms with Crippen LogP contribution in [0.2, 0.25) is 0 Å². The molecule has 1 fully saturated rings. The third kappa shape index (κ3) is 2.59. The molecule has 4 aliphatic rings. The summed E-state index contributed by atoms with van der Waals surface area (Å²) in [4.78, 5) is 22.4. The minimum atomic E-state index is -0.225. The highest BCUT2D eigenvalue weighted by molar-refractivity contribution is 5.66. The van der Waals surface area contributed by atoms with Gasteiger partial charge in [-0.1, -0.05) is 18.2 Å². The van der Waals surface area contributed by atoms with E-state index >= 15 is 0 Å². The van der Waals surface area contributed by atoms with E-state index in [-0.39, 0.29) is 17.4 Å². The van der Waals surface area contributed by atoms with Crippen LogP contribution in [0.5, 0.6) is 0 Å². The first-order valence-corrected chi connectivity index (χ1v) is 8.18. The highest BCUT2D eigenvalue weighted by Gasteiger charge is 2.54. The molecule has 4 heteroatoms. The second-order valence-corrected chi connectivity index (χ2v) is 6.79. The maximum Gasteiger partial charge on any atom is 0.302 e. The molecular formula is C18H24O4. The van der Waals surface area contributed by atoms with Gasteiger partial charge < -0.3 is 9.47 Å². The van der Waals surface area contributed by atoms with Crippen molar-refractivity contribution in [2.24, 2.45) is 23.2 Å². The smallest absolute Gasteiger partial charge is 0.302 e. The molecule has 0 heterocycles. The third-order valence-corrected chi connectivity index (χ3v) is 5.59. The van der Waals surface area contributed by atoms with Crippen LogP contribution in [0, 0.1) is 23.2 Å². The molecule has 0 aromatic heterocycles. The molecule has 0 radical (unpaired) electrons. The van der Waals surface area contributed by atoms with Gasteiger partial charge in [-0.25, -0.2) is 0 Å². The Balaban J connectivity index is 1.86. The zero-order valence-corrected chi connectivity index (χ0v) is 13.3. The third-order valence-electron chi connectivity index (χ3n) is 5.59. The zero-order chi connectivity index (χ0) is 15.7. The van der Waals surface area contributed by atoms with Crippen molar-refractivity contribution in [2.45, 2.75) is 39.5 Å².